The molecule has 0 N–H and O–H groups in total. The third-order valence-corrected chi connectivity index (χ3v) is 4.36. The average Bonchev–Trinajstić information content (AvgIpc) is 2.68. The van der Waals surface area contributed by atoms with E-state index in [0.29, 0.717) is 24.1 Å². The largest absolute Gasteiger partial charge is 0.311 e. The molecule has 1 amide bonds. The van der Waals surface area contributed by atoms with Crippen molar-refractivity contribution in [3.8, 4) is 0 Å². The highest BCUT2D eigenvalue weighted by molar-refractivity contribution is 8.14. The number of aryl methyl sites for hydroxylation is 2. The number of amides is 1. The van der Waals surface area contributed by atoms with E-state index in [9.17, 15) is 19.7 Å². The van der Waals surface area contributed by atoms with Crippen molar-refractivity contribution in [2.24, 2.45) is 0 Å². The summed E-state index contributed by atoms with van der Waals surface area (Å²) in [6.45, 7) is 5.46. The third-order valence-electron chi connectivity index (χ3n) is 3.38. The van der Waals surface area contributed by atoms with Gasteiger partial charge in [0.15, 0.2) is 5.12 Å². The van der Waals surface area contributed by atoms with Gasteiger partial charge in [0.1, 0.15) is 0 Å². The maximum atomic E-state index is 12.2. The Labute approximate surface area is 126 Å². The van der Waals surface area contributed by atoms with Crippen molar-refractivity contribution in [2.45, 2.75) is 32.4 Å². The van der Waals surface area contributed by atoms with E-state index in [0.717, 1.165) is 5.69 Å². The highest BCUT2D eigenvalue weighted by atomic mass is 32.2. The number of anilines is 1. The number of nitro benzene ring substituents is 1. The van der Waals surface area contributed by atoms with Crippen molar-refractivity contribution in [1.29, 1.82) is 0 Å². The molecule has 21 heavy (non-hydrogen) atoms. The quantitative estimate of drug-likeness (QED) is 0.633. The lowest BCUT2D eigenvalue weighted by molar-refractivity contribution is -0.384. The normalized spacial score (nSPS) is 18.1. The number of non-ortho nitro benzene ring substituents is 1. The van der Waals surface area contributed by atoms with Crippen molar-refractivity contribution in [3.63, 3.8) is 0 Å². The fourth-order valence-electron chi connectivity index (χ4n) is 2.67. The van der Waals surface area contributed by atoms with Crippen LogP contribution in [0.15, 0.2) is 12.1 Å². The summed E-state index contributed by atoms with van der Waals surface area (Å²) in [6, 6.07) is 2.95. The van der Waals surface area contributed by atoms with Crippen LogP contribution in [0.5, 0.6) is 0 Å². The fraction of sp³-hybridized carbons (Fsp3) is 0.429. The molecule has 0 saturated carbocycles. The minimum Gasteiger partial charge on any atom is -0.311 e. The van der Waals surface area contributed by atoms with Gasteiger partial charge in [0.25, 0.3) is 5.69 Å². The molecule has 112 valence electrons. The van der Waals surface area contributed by atoms with Gasteiger partial charge in [-0.25, -0.2) is 0 Å². The first-order chi connectivity index (χ1) is 9.79. The molecule has 6 nitrogen and oxygen atoms in total. The molecule has 1 saturated heterocycles. The number of carbonyl (C=O) groups excluding carboxylic acids is 2. The monoisotopic (exact) mass is 308 g/mol. The van der Waals surface area contributed by atoms with E-state index >= 15 is 0 Å². The topological polar surface area (TPSA) is 80.5 Å². The second kappa shape index (κ2) is 5.85. The van der Waals surface area contributed by atoms with Gasteiger partial charge in [-0.1, -0.05) is 11.8 Å². The molecule has 0 bridgehead atoms. The number of thioether (sulfide) groups is 1. The predicted molar refractivity (Wildman–Crippen MR) is 81.6 cm³/mol. The van der Waals surface area contributed by atoms with Crippen molar-refractivity contribution in [2.75, 3.05) is 11.4 Å². The number of rotatable bonds is 3. The summed E-state index contributed by atoms with van der Waals surface area (Å²) in [5, 5.41) is 10.8. The first-order valence-electron chi connectivity index (χ1n) is 6.53. The number of hydrogen-bond acceptors (Lipinski definition) is 5. The molecule has 1 aliphatic heterocycles. The molecule has 1 aliphatic rings. The van der Waals surface area contributed by atoms with Crippen molar-refractivity contribution < 1.29 is 14.5 Å². The molecule has 0 radical (unpaired) electrons. The van der Waals surface area contributed by atoms with Gasteiger partial charge >= 0.3 is 0 Å². The second-order valence-electron chi connectivity index (χ2n) is 5.13. The van der Waals surface area contributed by atoms with Crippen molar-refractivity contribution in [1.82, 2.24) is 0 Å². The molecule has 1 atom stereocenters. The summed E-state index contributed by atoms with van der Waals surface area (Å²) in [7, 11) is 0. The minimum absolute atomic E-state index is 0.00760. The molecule has 2 rings (SSSR count). The summed E-state index contributed by atoms with van der Waals surface area (Å²) in [5.41, 5.74) is 2.14. The van der Waals surface area contributed by atoms with Crippen molar-refractivity contribution in [3.05, 3.63) is 33.4 Å². The number of benzene rings is 1. The standard InChI is InChI=1S/C14H16N2O4S/c1-8-4-11(16(19)20)5-9(2)14(8)15-7-12(6-13(15)18)21-10(3)17/h4-5,12H,6-7H2,1-3H3. The Balaban J connectivity index is 2.32. The van der Waals surface area contributed by atoms with Crippen LogP contribution in [0.25, 0.3) is 0 Å². The molecule has 1 aromatic carbocycles. The van der Waals surface area contributed by atoms with Gasteiger partial charge in [-0.2, -0.15) is 0 Å². The Morgan fingerprint density at radius 2 is 1.95 bits per heavy atom. The fourth-order valence-corrected chi connectivity index (χ4v) is 3.59. The molecular formula is C14H16N2O4S. The minimum atomic E-state index is -0.440. The molecule has 1 unspecified atom stereocenters. The van der Waals surface area contributed by atoms with Gasteiger partial charge in [-0.15, -0.1) is 0 Å². The maximum Gasteiger partial charge on any atom is 0.270 e. The zero-order chi connectivity index (χ0) is 15.7. The molecule has 0 aromatic heterocycles. The highest BCUT2D eigenvalue weighted by Crippen LogP contribution is 2.34. The Morgan fingerprint density at radius 1 is 1.38 bits per heavy atom. The smallest absolute Gasteiger partial charge is 0.270 e. The van der Waals surface area contributed by atoms with Gasteiger partial charge in [0.05, 0.1) is 4.92 Å². The van der Waals surface area contributed by atoms with Crippen LogP contribution in [-0.2, 0) is 9.59 Å². The Bertz CT molecular complexity index is 606. The number of hydrogen-bond donors (Lipinski definition) is 0. The predicted octanol–water partition coefficient (Wildman–Crippen LogP) is 2.60. The molecule has 7 heteroatoms. The van der Waals surface area contributed by atoms with Crippen LogP contribution in [0.2, 0.25) is 0 Å². The van der Waals surface area contributed by atoms with Gasteiger partial charge in [0.2, 0.25) is 5.91 Å². The highest BCUT2D eigenvalue weighted by Gasteiger charge is 2.33. The Hall–Kier alpha value is -1.89. The van der Waals surface area contributed by atoms with Gasteiger partial charge in [-0.3, -0.25) is 19.7 Å². The van der Waals surface area contributed by atoms with E-state index in [-0.39, 0.29) is 22.0 Å². The Kier molecular flexibility index (Phi) is 4.32. The lowest BCUT2D eigenvalue weighted by Gasteiger charge is -2.21. The van der Waals surface area contributed by atoms with E-state index in [2.05, 4.69) is 0 Å². The summed E-state index contributed by atoms with van der Waals surface area (Å²) < 4.78 is 0. The summed E-state index contributed by atoms with van der Waals surface area (Å²) in [4.78, 5) is 35.4. The first kappa shape index (κ1) is 15.5. The van der Waals surface area contributed by atoms with Crippen LogP contribution in [0, 0.1) is 24.0 Å². The summed E-state index contributed by atoms with van der Waals surface area (Å²) in [6.07, 6.45) is 0.320. The van der Waals surface area contributed by atoms with E-state index < -0.39 is 4.92 Å². The van der Waals surface area contributed by atoms with Crippen LogP contribution in [0.1, 0.15) is 24.5 Å². The van der Waals surface area contributed by atoms with Gasteiger partial charge < -0.3 is 4.90 Å². The van der Waals surface area contributed by atoms with Crippen molar-refractivity contribution >= 4 is 34.2 Å². The van der Waals surface area contributed by atoms with E-state index in [1.165, 1.54) is 30.8 Å². The SMILES string of the molecule is CC(=O)SC1CC(=O)N(c2c(C)cc([N+](=O)[O-])cc2C)C1. The molecule has 1 aromatic rings. The van der Waals surface area contributed by atoms with Crippen LogP contribution in [0.4, 0.5) is 11.4 Å². The molecule has 0 aliphatic carbocycles. The average molecular weight is 308 g/mol. The Morgan fingerprint density at radius 3 is 2.43 bits per heavy atom. The molecule has 1 heterocycles. The lowest BCUT2D eigenvalue weighted by atomic mass is 10.1. The number of nitrogens with zero attached hydrogens (tertiary/aromatic N) is 2. The number of carbonyl (C=O) groups is 2. The van der Waals surface area contributed by atoms with Gasteiger partial charge in [-0.05, 0) is 25.0 Å². The summed E-state index contributed by atoms with van der Waals surface area (Å²) in [5.74, 6) is -0.0474. The van der Waals surface area contributed by atoms with Crippen LogP contribution >= 0.6 is 11.8 Å². The van der Waals surface area contributed by atoms with E-state index in [1.807, 2.05) is 0 Å². The van der Waals surface area contributed by atoms with E-state index in [1.54, 1.807) is 18.7 Å². The van der Waals surface area contributed by atoms with Crippen LogP contribution < -0.4 is 4.90 Å². The zero-order valence-electron chi connectivity index (χ0n) is 12.1. The van der Waals surface area contributed by atoms with E-state index in [4.69, 9.17) is 0 Å². The third kappa shape index (κ3) is 3.24. The molecular weight excluding hydrogens is 292 g/mol. The second-order valence-corrected chi connectivity index (χ2v) is 6.60. The summed E-state index contributed by atoms with van der Waals surface area (Å²) >= 11 is 1.17. The lowest BCUT2D eigenvalue weighted by Crippen LogP contribution is -2.26. The van der Waals surface area contributed by atoms with Gasteiger partial charge in [0, 0.05) is 43.0 Å². The molecule has 1 fully saturated rings. The number of nitro groups is 1. The molecule has 0 spiro atoms. The van der Waals surface area contributed by atoms with Crippen LogP contribution in [0.3, 0.4) is 0 Å². The van der Waals surface area contributed by atoms with Crippen LogP contribution in [-0.4, -0.2) is 27.7 Å². The zero-order valence-corrected chi connectivity index (χ0v) is 12.9. The maximum absolute atomic E-state index is 12.2. The first-order valence-corrected chi connectivity index (χ1v) is 7.40.